The summed E-state index contributed by atoms with van der Waals surface area (Å²) in [5, 5.41) is 39.0. The first-order valence-corrected chi connectivity index (χ1v) is 15.7. The maximum atomic E-state index is 13.7. The highest BCUT2D eigenvalue weighted by Crippen LogP contribution is 2.52. The van der Waals surface area contributed by atoms with Gasteiger partial charge in [-0.3, -0.25) is 4.79 Å². The molecule has 12 nitrogen and oxygen atoms in total. The predicted octanol–water partition coefficient (Wildman–Crippen LogP) is 3.43. The lowest BCUT2D eigenvalue weighted by molar-refractivity contribution is -0.376. The fraction of sp³-hybridized carbons (Fsp3) is 0.500. The van der Waals surface area contributed by atoms with E-state index < -0.39 is 71.6 Å². The minimum atomic E-state index is -6.20. The third-order valence-corrected chi connectivity index (χ3v) is 9.46. The van der Waals surface area contributed by atoms with Crippen LogP contribution in [0.5, 0.6) is 17.4 Å². The molecule has 1 saturated heterocycles. The molecule has 1 aliphatic heterocycles. The van der Waals surface area contributed by atoms with Crippen LogP contribution in [-0.2, 0) is 21.6 Å². The summed E-state index contributed by atoms with van der Waals surface area (Å²) in [4.78, 5) is 19.1. The number of primary amides is 1. The zero-order valence-electron chi connectivity index (χ0n) is 25.9. The van der Waals surface area contributed by atoms with E-state index in [2.05, 4.69) is 14.7 Å². The molecule has 1 aromatic carbocycles. The zero-order valence-corrected chi connectivity index (χ0v) is 26.8. The number of amides is 1. The number of thiazole rings is 1. The second-order valence-electron chi connectivity index (χ2n) is 11.9. The van der Waals surface area contributed by atoms with Gasteiger partial charge in [0.05, 0.1) is 6.10 Å². The van der Waals surface area contributed by atoms with Crippen molar-refractivity contribution in [1.82, 2.24) is 9.97 Å². The lowest BCUT2D eigenvalue weighted by atomic mass is 9.87. The van der Waals surface area contributed by atoms with Gasteiger partial charge in [0.15, 0.2) is 17.1 Å². The molecule has 3 aromatic rings. The molecule has 0 unspecified atom stereocenters. The second-order valence-corrected chi connectivity index (χ2v) is 13.0. The van der Waals surface area contributed by atoms with Crippen molar-refractivity contribution in [2.45, 2.75) is 93.0 Å². The summed E-state index contributed by atoms with van der Waals surface area (Å²) in [6, 6.07) is 6.19. The number of nitrogens with two attached hydrogens (primary N) is 1. The molecule has 6 atom stereocenters. The summed E-state index contributed by atoms with van der Waals surface area (Å²) < 4.78 is 129. The number of ether oxygens (including phenoxy) is 4. The van der Waals surface area contributed by atoms with E-state index in [1.807, 2.05) is 0 Å². The number of nitrogens with zero attached hydrogens (tertiary/aromatic N) is 2. The van der Waals surface area contributed by atoms with Crippen molar-refractivity contribution in [3.8, 4) is 17.4 Å². The van der Waals surface area contributed by atoms with E-state index in [4.69, 9.17) is 19.9 Å². The van der Waals surface area contributed by atoms with Crippen LogP contribution in [0.3, 0.4) is 0 Å². The molecule has 0 bridgehead atoms. The summed E-state index contributed by atoms with van der Waals surface area (Å²) in [6.45, 7) is -2.19. The molecule has 6 N–H and O–H groups in total. The second kappa shape index (κ2) is 13.9. The van der Waals surface area contributed by atoms with Gasteiger partial charge in [0.1, 0.15) is 23.3 Å². The Kier molecular flexibility index (Phi) is 10.5. The molecule has 21 heteroatoms. The van der Waals surface area contributed by atoms with Crippen LogP contribution in [0.25, 0.3) is 0 Å². The Morgan fingerprint density at radius 2 is 1.67 bits per heavy atom. The molecule has 3 heterocycles. The first kappa shape index (κ1) is 38.3. The number of aliphatic hydroxyl groups is 4. The van der Waals surface area contributed by atoms with Crippen LogP contribution in [0.4, 0.5) is 35.1 Å². The molecule has 1 amide bonds. The minimum absolute atomic E-state index is 0.0727. The standard InChI is InChI=1S/C30H29F8N3O9S/c1-27(24(39)45)22(44)20(42)21(43)23(50-27)49-19-7-2-12(10-40-19)8-15(13-3-6-16(48-26(31)32)17(9-13)47-14-4-5-14)18-11-41-25(51-18)28(46,29(33,34)35)30(36,37)38/h2-3,6-7,9-11,14-15,20-23,26,42-44,46H,4-5,8H2,1H3,(H2,39,45)/t15-,20+,21+,22-,23+,27-/m0/s1. The monoisotopic (exact) mass is 759 g/mol. The quantitative estimate of drug-likeness (QED) is 0.171. The highest BCUT2D eigenvalue weighted by molar-refractivity contribution is 7.11. The van der Waals surface area contributed by atoms with Crippen LogP contribution in [0.2, 0.25) is 0 Å². The lowest BCUT2D eigenvalue weighted by Gasteiger charge is -2.44. The van der Waals surface area contributed by atoms with Gasteiger partial charge < -0.3 is 45.1 Å². The SMILES string of the molecule is C[C@]1(C(N)=O)O[C@@H](Oc2ccc(C[C@@H](c3ccc(OC(F)F)c(OC4CC4)c3)c3cnc(C(O)(C(F)(F)F)C(F)(F)F)s3)cn2)[C@H](O)[C@@H](O)[C@@H]1O. The van der Waals surface area contributed by atoms with E-state index in [1.54, 1.807) is 0 Å². The maximum Gasteiger partial charge on any atom is 0.433 e. The molecular weight excluding hydrogens is 730 g/mol. The number of benzene rings is 1. The maximum absolute atomic E-state index is 13.7. The summed E-state index contributed by atoms with van der Waals surface area (Å²) in [6.07, 6.45) is -17.3. The van der Waals surface area contributed by atoms with Crippen molar-refractivity contribution in [3.05, 3.63) is 63.7 Å². The van der Waals surface area contributed by atoms with Gasteiger partial charge in [-0.15, -0.1) is 11.3 Å². The predicted molar refractivity (Wildman–Crippen MR) is 156 cm³/mol. The third kappa shape index (κ3) is 7.68. The van der Waals surface area contributed by atoms with E-state index in [0.29, 0.717) is 12.8 Å². The topological polar surface area (TPSA) is 187 Å². The fourth-order valence-corrected chi connectivity index (χ4v) is 6.28. The summed E-state index contributed by atoms with van der Waals surface area (Å²) in [5.74, 6) is -3.10. The fourth-order valence-electron chi connectivity index (χ4n) is 5.10. The number of carbonyl (C=O) groups is 1. The molecule has 2 aromatic heterocycles. The van der Waals surface area contributed by atoms with Crippen molar-refractivity contribution >= 4 is 17.2 Å². The molecule has 5 rings (SSSR count). The van der Waals surface area contributed by atoms with Crippen molar-refractivity contribution in [2.75, 3.05) is 0 Å². The van der Waals surface area contributed by atoms with E-state index in [-0.39, 0.29) is 57.2 Å². The van der Waals surface area contributed by atoms with Crippen molar-refractivity contribution in [1.29, 1.82) is 0 Å². The van der Waals surface area contributed by atoms with Gasteiger partial charge in [0.25, 0.3) is 5.91 Å². The van der Waals surface area contributed by atoms with E-state index >= 15 is 0 Å². The molecule has 0 radical (unpaired) electrons. The Bertz CT molecular complexity index is 1690. The number of rotatable bonds is 12. The number of alkyl halides is 8. The number of aliphatic hydroxyl groups excluding tert-OH is 3. The Balaban J connectivity index is 1.48. The van der Waals surface area contributed by atoms with Gasteiger partial charge in [-0.25, -0.2) is 9.97 Å². The summed E-state index contributed by atoms with van der Waals surface area (Å²) in [5.41, 5.74) is -1.74. The number of aromatic nitrogens is 2. The largest absolute Gasteiger partial charge is 0.487 e. The third-order valence-electron chi connectivity index (χ3n) is 8.24. The van der Waals surface area contributed by atoms with Crippen molar-refractivity contribution in [2.24, 2.45) is 5.73 Å². The Morgan fingerprint density at radius 3 is 2.22 bits per heavy atom. The Morgan fingerprint density at radius 1 is 1.00 bits per heavy atom. The van der Waals surface area contributed by atoms with Gasteiger partial charge in [0.2, 0.25) is 12.2 Å². The molecule has 0 spiro atoms. The van der Waals surface area contributed by atoms with Crippen LogP contribution >= 0.6 is 11.3 Å². The molecule has 1 aliphatic carbocycles. The smallest absolute Gasteiger partial charge is 0.433 e. The van der Waals surface area contributed by atoms with Gasteiger partial charge in [-0.1, -0.05) is 12.1 Å². The molecule has 2 aliphatic rings. The van der Waals surface area contributed by atoms with Gasteiger partial charge in [-0.05, 0) is 49.4 Å². The first-order valence-electron chi connectivity index (χ1n) is 14.9. The van der Waals surface area contributed by atoms with E-state index in [1.165, 1.54) is 30.5 Å². The number of hydrogen-bond acceptors (Lipinski definition) is 12. The molecule has 280 valence electrons. The van der Waals surface area contributed by atoms with Crippen LogP contribution in [-0.4, -0.2) is 91.6 Å². The number of halogens is 8. The highest BCUT2D eigenvalue weighted by atomic mass is 32.1. The molecule has 2 fully saturated rings. The van der Waals surface area contributed by atoms with Crippen LogP contribution in [0, 0.1) is 0 Å². The molecule has 1 saturated carbocycles. The van der Waals surface area contributed by atoms with Gasteiger partial charge in [0, 0.05) is 29.3 Å². The average Bonchev–Trinajstić information content (AvgIpc) is 3.73. The number of hydrogen-bond donors (Lipinski definition) is 5. The lowest BCUT2D eigenvalue weighted by Crippen LogP contribution is -2.68. The average molecular weight is 760 g/mol. The van der Waals surface area contributed by atoms with E-state index in [9.17, 15) is 60.3 Å². The highest BCUT2D eigenvalue weighted by Gasteiger charge is 2.73. The summed E-state index contributed by atoms with van der Waals surface area (Å²) >= 11 is -0.0727. The van der Waals surface area contributed by atoms with Crippen molar-refractivity contribution in [3.63, 3.8) is 0 Å². The van der Waals surface area contributed by atoms with Gasteiger partial charge in [-0.2, -0.15) is 35.1 Å². The number of carbonyl (C=O) groups excluding carboxylic acids is 1. The Labute approximate surface area is 286 Å². The van der Waals surface area contributed by atoms with Crippen LogP contribution < -0.4 is 19.9 Å². The van der Waals surface area contributed by atoms with Crippen LogP contribution in [0.15, 0.2) is 42.7 Å². The normalized spacial score (nSPS) is 25.1. The first-order chi connectivity index (χ1) is 23.7. The number of pyridine rings is 1. The Hall–Kier alpha value is -3.89. The van der Waals surface area contributed by atoms with E-state index in [0.717, 1.165) is 19.2 Å². The van der Waals surface area contributed by atoms with Crippen molar-refractivity contribution < 1.29 is 79.3 Å². The van der Waals surface area contributed by atoms with Crippen LogP contribution in [0.1, 0.15) is 46.7 Å². The minimum Gasteiger partial charge on any atom is -0.487 e. The zero-order chi connectivity index (χ0) is 37.7. The van der Waals surface area contributed by atoms with Gasteiger partial charge >= 0.3 is 24.6 Å². The molecular formula is C30H29F8N3O9S. The molecule has 51 heavy (non-hydrogen) atoms. The summed E-state index contributed by atoms with van der Waals surface area (Å²) in [7, 11) is 0.